The van der Waals surface area contributed by atoms with E-state index >= 15 is 0 Å². The summed E-state index contributed by atoms with van der Waals surface area (Å²) in [5, 5.41) is 2.82. The van der Waals surface area contributed by atoms with Gasteiger partial charge in [0, 0.05) is 6.20 Å². The molecule has 1 aromatic rings. The molecule has 0 bridgehead atoms. The number of rotatable bonds is 4. The van der Waals surface area contributed by atoms with Crippen LogP contribution in [0, 0.1) is 0 Å². The van der Waals surface area contributed by atoms with Crippen LogP contribution in [0.25, 0.3) is 0 Å². The maximum Gasteiger partial charge on any atom is 0.237 e. The maximum atomic E-state index is 11.5. The Kier molecular flexibility index (Phi) is 4.24. The van der Waals surface area contributed by atoms with Crippen LogP contribution in [-0.4, -0.2) is 16.9 Å². The van der Waals surface area contributed by atoms with Crippen LogP contribution in [-0.2, 0) is 4.79 Å². The maximum absolute atomic E-state index is 11.5. The van der Waals surface area contributed by atoms with Crippen LogP contribution < -0.4 is 11.1 Å². The second kappa shape index (κ2) is 5.46. The fourth-order valence-corrected chi connectivity index (χ4v) is 1.21. The highest BCUT2D eigenvalue weighted by Crippen LogP contribution is 2.07. The SMILES string of the molecule is CC[C@@H](N)C(=O)N[C@H](C)c1ccccn1. The highest BCUT2D eigenvalue weighted by molar-refractivity contribution is 5.81. The Hall–Kier alpha value is -1.42. The van der Waals surface area contributed by atoms with Gasteiger partial charge in [-0.15, -0.1) is 0 Å². The molecule has 0 fully saturated rings. The van der Waals surface area contributed by atoms with Crippen LogP contribution in [0.2, 0.25) is 0 Å². The van der Waals surface area contributed by atoms with Crippen molar-refractivity contribution in [1.29, 1.82) is 0 Å². The first kappa shape index (κ1) is 11.7. The van der Waals surface area contributed by atoms with Crippen molar-refractivity contribution in [1.82, 2.24) is 10.3 Å². The number of carbonyl (C=O) groups is 1. The molecule has 15 heavy (non-hydrogen) atoms. The second-order valence-electron chi connectivity index (χ2n) is 3.50. The van der Waals surface area contributed by atoms with Crippen molar-refractivity contribution in [2.45, 2.75) is 32.4 Å². The molecule has 1 aromatic heterocycles. The standard InChI is InChI=1S/C11H17N3O/c1-3-9(12)11(15)14-8(2)10-6-4-5-7-13-10/h4-9H,3,12H2,1-2H3,(H,14,15)/t8-,9-/m1/s1. The number of hydrogen-bond acceptors (Lipinski definition) is 3. The molecular formula is C11H17N3O. The summed E-state index contributed by atoms with van der Waals surface area (Å²) < 4.78 is 0. The van der Waals surface area contributed by atoms with Gasteiger partial charge in [0.25, 0.3) is 0 Å². The van der Waals surface area contributed by atoms with Crippen LogP contribution in [0.1, 0.15) is 32.0 Å². The Balaban J connectivity index is 2.56. The molecule has 1 heterocycles. The van der Waals surface area contributed by atoms with Crippen molar-refractivity contribution in [3.8, 4) is 0 Å². The monoisotopic (exact) mass is 207 g/mol. The van der Waals surface area contributed by atoms with Crippen molar-refractivity contribution >= 4 is 5.91 Å². The van der Waals surface area contributed by atoms with E-state index < -0.39 is 6.04 Å². The fourth-order valence-electron chi connectivity index (χ4n) is 1.21. The average Bonchev–Trinajstić information content (AvgIpc) is 2.29. The third-order valence-corrected chi connectivity index (χ3v) is 2.27. The predicted octanol–water partition coefficient (Wildman–Crippen LogP) is 0.996. The zero-order valence-electron chi connectivity index (χ0n) is 9.10. The van der Waals surface area contributed by atoms with E-state index in [4.69, 9.17) is 5.73 Å². The van der Waals surface area contributed by atoms with Crippen molar-refractivity contribution < 1.29 is 4.79 Å². The number of amides is 1. The van der Waals surface area contributed by atoms with E-state index in [9.17, 15) is 4.79 Å². The Morgan fingerprint density at radius 1 is 1.60 bits per heavy atom. The fraction of sp³-hybridized carbons (Fsp3) is 0.455. The molecule has 0 unspecified atom stereocenters. The minimum absolute atomic E-state index is 0.101. The predicted molar refractivity (Wildman–Crippen MR) is 59.1 cm³/mol. The summed E-state index contributed by atoms with van der Waals surface area (Å²) in [5.41, 5.74) is 6.45. The smallest absolute Gasteiger partial charge is 0.237 e. The van der Waals surface area contributed by atoms with Gasteiger partial charge in [-0.25, -0.2) is 0 Å². The third kappa shape index (κ3) is 3.32. The zero-order valence-corrected chi connectivity index (χ0v) is 9.10. The largest absolute Gasteiger partial charge is 0.347 e. The summed E-state index contributed by atoms with van der Waals surface area (Å²) in [4.78, 5) is 15.7. The van der Waals surface area contributed by atoms with Crippen LogP contribution in [0.3, 0.4) is 0 Å². The minimum Gasteiger partial charge on any atom is -0.347 e. The molecule has 4 heteroatoms. The second-order valence-corrected chi connectivity index (χ2v) is 3.50. The van der Waals surface area contributed by atoms with Crippen molar-refractivity contribution in [3.63, 3.8) is 0 Å². The van der Waals surface area contributed by atoms with Gasteiger partial charge in [0.1, 0.15) is 0 Å². The van der Waals surface area contributed by atoms with Gasteiger partial charge in [-0.05, 0) is 25.5 Å². The van der Waals surface area contributed by atoms with Gasteiger partial charge in [-0.1, -0.05) is 13.0 Å². The molecule has 0 saturated heterocycles. The first-order valence-electron chi connectivity index (χ1n) is 5.12. The molecule has 0 aliphatic heterocycles. The Morgan fingerprint density at radius 2 is 2.33 bits per heavy atom. The van der Waals surface area contributed by atoms with E-state index in [0.29, 0.717) is 6.42 Å². The lowest BCUT2D eigenvalue weighted by atomic mass is 10.2. The lowest BCUT2D eigenvalue weighted by Gasteiger charge is -2.15. The van der Waals surface area contributed by atoms with Crippen LogP contribution >= 0.6 is 0 Å². The number of nitrogens with zero attached hydrogens (tertiary/aromatic N) is 1. The molecule has 0 spiro atoms. The average molecular weight is 207 g/mol. The number of hydrogen-bond donors (Lipinski definition) is 2. The van der Waals surface area contributed by atoms with Crippen molar-refractivity contribution in [2.75, 3.05) is 0 Å². The molecule has 0 aromatic carbocycles. The van der Waals surface area contributed by atoms with E-state index in [0.717, 1.165) is 5.69 Å². The van der Waals surface area contributed by atoms with E-state index in [2.05, 4.69) is 10.3 Å². The first-order chi connectivity index (χ1) is 7.15. The number of pyridine rings is 1. The topological polar surface area (TPSA) is 68.0 Å². The molecule has 1 amide bonds. The minimum atomic E-state index is -0.434. The molecule has 3 N–H and O–H groups in total. The van der Waals surface area contributed by atoms with Gasteiger partial charge >= 0.3 is 0 Å². The quantitative estimate of drug-likeness (QED) is 0.773. The summed E-state index contributed by atoms with van der Waals surface area (Å²) >= 11 is 0. The number of aromatic nitrogens is 1. The summed E-state index contributed by atoms with van der Waals surface area (Å²) in [6.45, 7) is 3.78. The van der Waals surface area contributed by atoms with Crippen molar-refractivity contribution in [2.24, 2.45) is 5.73 Å². The number of carbonyl (C=O) groups excluding carboxylic acids is 1. The summed E-state index contributed by atoms with van der Waals surface area (Å²) in [7, 11) is 0. The molecule has 0 saturated carbocycles. The molecule has 82 valence electrons. The molecule has 4 nitrogen and oxygen atoms in total. The highest BCUT2D eigenvalue weighted by atomic mass is 16.2. The lowest BCUT2D eigenvalue weighted by molar-refractivity contribution is -0.123. The summed E-state index contributed by atoms with van der Waals surface area (Å²) in [6, 6.07) is 5.08. The number of nitrogens with one attached hydrogen (secondary N) is 1. The molecule has 1 rings (SSSR count). The van der Waals surface area contributed by atoms with Crippen LogP contribution in [0.5, 0.6) is 0 Å². The summed E-state index contributed by atoms with van der Waals surface area (Å²) in [6.07, 6.45) is 2.35. The van der Waals surface area contributed by atoms with E-state index in [1.807, 2.05) is 32.0 Å². The van der Waals surface area contributed by atoms with E-state index in [1.54, 1.807) is 6.20 Å². The Bertz CT molecular complexity index is 313. The molecule has 0 aliphatic rings. The molecular weight excluding hydrogens is 190 g/mol. The van der Waals surface area contributed by atoms with Gasteiger partial charge in [0.05, 0.1) is 17.8 Å². The lowest BCUT2D eigenvalue weighted by Crippen LogP contribution is -2.41. The molecule has 0 aliphatic carbocycles. The highest BCUT2D eigenvalue weighted by Gasteiger charge is 2.14. The molecule has 0 radical (unpaired) electrons. The van der Waals surface area contributed by atoms with Gasteiger partial charge < -0.3 is 11.1 Å². The Morgan fingerprint density at radius 3 is 2.87 bits per heavy atom. The van der Waals surface area contributed by atoms with Crippen molar-refractivity contribution in [3.05, 3.63) is 30.1 Å². The van der Waals surface area contributed by atoms with E-state index in [1.165, 1.54) is 0 Å². The Labute approximate surface area is 89.9 Å². The molecule has 2 atom stereocenters. The van der Waals surface area contributed by atoms with Crippen LogP contribution in [0.15, 0.2) is 24.4 Å². The zero-order chi connectivity index (χ0) is 11.3. The first-order valence-corrected chi connectivity index (χ1v) is 5.12. The van der Waals surface area contributed by atoms with Gasteiger partial charge in [0.15, 0.2) is 0 Å². The van der Waals surface area contributed by atoms with E-state index in [-0.39, 0.29) is 11.9 Å². The number of nitrogens with two attached hydrogens (primary N) is 1. The third-order valence-electron chi connectivity index (χ3n) is 2.27. The van der Waals surface area contributed by atoms with Gasteiger partial charge in [-0.2, -0.15) is 0 Å². The van der Waals surface area contributed by atoms with Gasteiger partial charge in [0.2, 0.25) is 5.91 Å². The van der Waals surface area contributed by atoms with Gasteiger partial charge in [-0.3, -0.25) is 9.78 Å². The normalized spacial score (nSPS) is 14.3. The van der Waals surface area contributed by atoms with Crippen LogP contribution in [0.4, 0.5) is 0 Å². The summed E-state index contributed by atoms with van der Waals surface area (Å²) in [5.74, 6) is -0.129.